The number of methoxy groups -OCH3 is 1. The minimum atomic E-state index is -0.597. The third kappa shape index (κ3) is 11.6. The number of nitrogens with two attached hydrogens (primary N) is 1. The number of rotatable bonds is 11. The molecular formula is C15H30N2O3S. The number of carbonyl (C=O) groups excluding carboxylic acids is 2. The van der Waals surface area contributed by atoms with Crippen LogP contribution in [0.2, 0.25) is 0 Å². The van der Waals surface area contributed by atoms with Crippen molar-refractivity contribution >= 4 is 23.6 Å². The van der Waals surface area contributed by atoms with Crippen LogP contribution < -0.4 is 11.1 Å². The number of ether oxygens (including phenoxy) is 1. The molecule has 5 nitrogen and oxygen atoms in total. The molecule has 0 rings (SSSR count). The SMILES string of the molecule is COC(=O)C(N)CCSCC(=O)NC(C)CCCC(C)C. The van der Waals surface area contributed by atoms with Crippen LogP contribution in [-0.2, 0) is 14.3 Å². The first-order valence-electron chi connectivity index (χ1n) is 7.57. The van der Waals surface area contributed by atoms with Crippen LogP contribution in [0.3, 0.4) is 0 Å². The van der Waals surface area contributed by atoms with Gasteiger partial charge in [0.25, 0.3) is 0 Å². The van der Waals surface area contributed by atoms with Gasteiger partial charge in [0.2, 0.25) is 5.91 Å². The summed E-state index contributed by atoms with van der Waals surface area (Å²) >= 11 is 1.49. The van der Waals surface area contributed by atoms with Gasteiger partial charge in [-0.1, -0.05) is 26.7 Å². The molecule has 3 N–H and O–H groups in total. The molecule has 0 bridgehead atoms. The van der Waals surface area contributed by atoms with Gasteiger partial charge in [0.1, 0.15) is 6.04 Å². The second-order valence-corrected chi connectivity index (χ2v) is 6.87. The van der Waals surface area contributed by atoms with Crippen LogP contribution in [0.1, 0.15) is 46.5 Å². The number of nitrogens with one attached hydrogen (secondary N) is 1. The fraction of sp³-hybridized carbons (Fsp3) is 0.867. The van der Waals surface area contributed by atoms with Gasteiger partial charge in [0.15, 0.2) is 0 Å². The molecule has 0 aliphatic rings. The zero-order chi connectivity index (χ0) is 16.3. The van der Waals surface area contributed by atoms with Crippen molar-refractivity contribution < 1.29 is 14.3 Å². The predicted octanol–water partition coefficient (Wildman–Crippen LogP) is 1.94. The van der Waals surface area contributed by atoms with E-state index in [9.17, 15) is 9.59 Å². The van der Waals surface area contributed by atoms with Crippen LogP contribution in [0.25, 0.3) is 0 Å². The van der Waals surface area contributed by atoms with Gasteiger partial charge in [-0.25, -0.2) is 0 Å². The summed E-state index contributed by atoms with van der Waals surface area (Å²) in [7, 11) is 1.32. The molecule has 0 aliphatic heterocycles. The minimum Gasteiger partial charge on any atom is -0.468 e. The molecule has 0 aromatic heterocycles. The van der Waals surface area contributed by atoms with E-state index in [1.165, 1.54) is 25.3 Å². The lowest BCUT2D eigenvalue weighted by Gasteiger charge is -2.14. The Balaban J connectivity index is 3.64. The molecule has 0 saturated carbocycles. The maximum Gasteiger partial charge on any atom is 0.322 e. The first-order chi connectivity index (χ1) is 9.86. The molecule has 0 aromatic rings. The normalized spacial score (nSPS) is 13.8. The topological polar surface area (TPSA) is 81.4 Å². The second-order valence-electron chi connectivity index (χ2n) is 5.76. The van der Waals surface area contributed by atoms with Crippen molar-refractivity contribution in [3.05, 3.63) is 0 Å². The fourth-order valence-electron chi connectivity index (χ4n) is 1.87. The Morgan fingerprint density at radius 1 is 1.19 bits per heavy atom. The van der Waals surface area contributed by atoms with Crippen LogP contribution in [0, 0.1) is 5.92 Å². The van der Waals surface area contributed by atoms with E-state index in [1.54, 1.807) is 0 Å². The highest BCUT2D eigenvalue weighted by Crippen LogP contribution is 2.09. The van der Waals surface area contributed by atoms with Crippen molar-refractivity contribution in [1.82, 2.24) is 5.32 Å². The Morgan fingerprint density at radius 3 is 2.43 bits per heavy atom. The molecule has 0 aromatic carbocycles. The average molecular weight is 318 g/mol. The summed E-state index contributed by atoms with van der Waals surface area (Å²) in [5, 5.41) is 2.99. The summed E-state index contributed by atoms with van der Waals surface area (Å²) in [6.07, 6.45) is 3.87. The third-order valence-electron chi connectivity index (χ3n) is 3.14. The molecule has 1 amide bonds. The Labute approximate surface area is 132 Å². The highest BCUT2D eigenvalue weighted by molar-refractivity contribution is 7.99. The first-order valence-corrected chi connectivity index (χ1v) is 8.72. The molecule has 0 fully saturated rings. The summed E-state index contributed by atoms with van der Waals surface area (Å²) in [5.74, 6) is 1.43. The van der Waals surface area contributed by atoms with Crippen LogP contribution in [-0.4, -0.2) is 42.6 Å². The lowest BCUT2D eigenvalue weighted by Crippen LogP contribution is -2.34. The predicted molar refractivity (Wildman–Crippen MR) is 88.2 cm³/mol. The van der Waals surface area contributed by atoms with Gasteiger partial charge in [-0.2, -0.15) is 11.8 Å². The Morgan fingerprint density at radius 2 is 1.86 bits per heavy atom. The Kier molecular flexibility index (Phi) is 11.4. The molecule has 0 heterocycles. The van der Waals surface area contributed by atoms with Gasteiger partial charge in [-0.15, -0.1) is 0 Å². The number of hydrogen-bond donors (Lipinski definition) is 2. The number of carbonyl (C=O) groups is 2. The molecule has 2 atom stereocenters. The van der Waals surface area contributed by atoms with Crippen LogP contribution in [0.15, 0.2) is 0 Å². The van der Waals surface area contributed by atoms with Gasteiger partial charge in [-0.05, 0) is 31.4 Å². The number of hydrogen-bond acceptors (Lipinski definition) is 5. The van der Waals surface area contributed by atoms with Crippen molar-refractivity contribution in [3.8, 4) is 0 Å². The highest BCUT2D eigenvalue weighted by atomic mass is 32.2. The highest BCUT2D eigenvalue weighted by Gasteiger charge is 2.13. The van der Waals surface area contributed by atoms with Crippen molar-refractivity contribution in [2.75, 3.05) is 18.6 Å². The summed E-state index contributed by atoms with van der Waals surface area (Å²) in [6.45, 7) is 6.45. The van der Waals surface area contributed by atoms with Crippen LogP contribution in [0.4, 0.5) is 0 Å². The zero-order valence-corrected chi connectivity index (χ0v) is 14.5. The van der Waals surface area contributed by atoms with E-state index in [4.69, 9.17) is 5.73 Å². The summed E-state index contributed by atoms with van der Waals surface area (Å²) in [6, 6.07) is -0.380. The van der Waals surface area contributed by atoms with Crippen molar-refractivity contribution in [3.63, 3.8) is 0 Å². The maximum absolute atomic E-state index is 11.7. The van der Waals surface area contributed by atoms with Gasteiger partial charge in [0, 0.05) is 6.04 Å². The molecule has 21 heavy (non-hydrogen) atoms. The van der Waals surface area contributed by atoms with Gasteiger partial charge in [0.05, 0.1) is 12.9 Å². The van der Waals surface area contributed by atoms with E-state index < -0.39 is 12.0 Å². The Bertz CT molecular complexity index is 311. The smallest absolute Gasteiger partial charge is 0.322 e. The van der Waals surface area contributed by atoms with E-state index in [0.717, 1.165) is 12.8 Å². The van der Waals surface area contributed by atoms with Gasteiger partial charge in [-0.3, -0.25) is 9.59 Å². The molecule has 0 radical (unpaired) electrons. The Hall–Kier alpha value is -0.750. The van der Waals surface area contributed by atoms with E-state index in [1.807, 2.05) is 6.92 Å². The standard InChI is InChI=1S/C15H30N2O3S/c1-11(2)6-5-7-12(3)17-14(18)10-21-9-8-13(16)15(19)20-4/h11-13H,5-10,16H2,1-4H3,(H,17,18). The monoisotopic (exact) mass is 318 g/mol. The van der Waals surface area contributed by atoms with E-state index in [-0.39, 0.29) is 11.9 Å². The number of esters is 1. The fourth-order valence-corrected chi connectivity index (χ4v) is 2.70. The largest absolute Gasteiger partial charge is 0.468 e. The third-order valence-corrected chi connectivity index (χ3v) is 4.13. The zero-order valence-electron chi connectivity index (χ0n) is 13.7. The molecule has 0 spiro atoms. The second kappa shape index (κ2) is 11.9. The quantitative estimate of drug-likeness (QED) is 0.449. The first kappa shape index (κ1) is 20.2. The lowest BCUT2D eigenvalue weighted by atomic mass is 10.0. The summed E-state index contributed by atoms with van der Waals surface area (Å²) < 4.78 is 4.54. The van der Waals surface area contributed by atoms with Crippen molar-refractivity contribution in [1.29, 1.82) is 0 Å². The van der Waals surface area contributed by atoms with Gasteiger partial charge >= 0.3 is 5.97 Å². The number of amides is 1. The van der Waals surface area contributed by atoms with Crippen LogP contribution in [0.5, 0.6) is 0 Å². The van der Waals surface area contributed by atoms with E-state index in [0.29, 0.717) is 23.8 Å². The molecule has 2 unspecified atom stereocenters. The van der Waals surface area contributed by atoms with Crippen molar-refractivity contribution in [2.24, 2.45) is 11.7 Å². The summed E-state index contributed by atoms with van der Waals surface area (Å²) in [5.41, 5.74) is 5.62. The molecule has 0 saturated heterocycles. The van der Waals surface area contributed by atoms with Gasteiger partial charge < -0.3 is 15.8 Å². The average Bonchev–Trinajstić information content (AvgIpc) is 2.41. The summed E-state index contributed by atoms with van der Waals surface area (Å²) in [4.78, 5) is 22.8. The van der Waals surface area contributed by atoms with E-state index >= 15 is 0 Å². The van der Waals surface area contributed by atoms with Crippen LogP contribution >= 0.6 is 11.8 Å². The minimum absolute atomic E-state index is 0.0451. The van der Waals surface area contributed by atoms with E-state index in [2.05, 4.69) is 23.9 Å². The van der Waals surface area contributed by atoms with Crippen molar-refractivity contribution in [2.45, 2.75) is 58.5 Å². The maximum atomic E-state index is 11.7. The molecular weight excluding hydrogens is 288 g/mol. The number of thioether (sulfide) groups is 1. The molecule has 124 valence electrons. The molecule has 0 aliphatic carbocycles. The lowest BCUT2D eigenvalue weighted by molar-refractivity contribution is -0.142. The molecule has 6 heteroatoms.